The lowest BCUT2D eigenvalue weighted by molar-refractivity contribution is 1.08. The van der Waals surface area contributed by atoms with Crippen LogP contribution in [0.1, 0.15) is 31.9 Å². The summed E-state index contributed by atoms with van der Waals surface area (Å²) in [4.78, 5) is 1.44. The lowest BCUT2D eigenvalue weighted by atomic mass is 10.1. The van der Waals surface area contributed by atoms with Gasteiger partial charge in [0, 0.05) is 10.1 Å². The summed E-state index contributed by atoms with van der Waals surface area (Å²) in [6.45, 7) is 8.87. The zero-order chi connectivity index (χ0) is 9.84. The average molecular weight is 194 g/mol. The second-order valence-electron chi connectivity index (χ2n) is 3.62. The molecule has 0 aromatic heterocycles. The van der Waals surface area contributed by atoms with Gasteiger partial charge in [0.2, 0.25) is 0 Å². The van der Waals surface area contributed by atoms with Gasteiger partial charge in [-0.3, -0.25) is 0 Å². The number of aryl methyl sites for hydroxylation is 2. The maximum absolute atomic E-state index is 2.32. The first-order valence-corrected chi connectivity index (χ1v) is 5.77. The average Bonchev–Trinajstić information content (AvgIpc) is 2.08. The Morgan fingerprint density at radius 3 is 2.54 bits per heavy atom. The summed E-state index contributed by atoms with van der Waals surface area (Å²) in [6.07, 6.45) is 1.13. The highest BCUT2D eigenvalue weighted by molar-refractivity contribution is 8.00. The highest BCUT2D eigenvalue weighted by atomic mass is 32.2. The minimum atomic E-state index is 0.672. The van der Waals surface area contributed by atoms with E-state index in [4.69, 9.17) is 0 Å². The van der Waals surface area contributed by atoms with Crippen LogP contribution < -0.4 is 0 Å². The smallest absolute Gasteiger partial charge is 0.0107 e. The van der Waals surface area contributed by atoms with E-state index in [2.05, 4.69) is 45.9 Å². The molecule has 13 heavy (non-hydrogen) atoms. The highest BCUT2D eigenvalue weighted by Crippen LogP contribution is 2.27. The van der Waals surface area contributed by atoms with Crippen LogP contribution >= 0.6 is 11.8 Å². The van der Waals surface area contributed by atoms with Gasteiger partial charge in [-0.2, -0.15) is 0 Å². The normalized spacial score (nSPS) is 10.8. The molecule has 0 amide bonds. The summed E-state index contributed by atoms with van der Waals surface area (Å²) >= 11 is 1.95. The SMILES string of the molecule is CCc1ccc(C)c(SC(C)C)c1. The molecule has 0 aliphatic heterocycles. The fraction of sp³-hybridized carbons (Fsp3) is 0.500. The summed E-state index contributed by atoms with van der Waals surface area (Å²) < 4.78 is 0. The standard InChI is InChI=1S/C12H18S/c1-5-11-7-6-10(4)12(8-11)13-9(2)3/h6-9H,5H2,1-4H3. The van der Waals surface area contributed by atoms with Crippen LogP contribution in [0.3, 0.4) is 0 Å². The van der Waals surface area contributed by atoms with Crippen molar-refractivity contribution in [2.45, 2.75) is 44.3 Å². The molecule has 0 unspecified atom stereocenters. The molecule has 0 saturated heterocycles. The van der Waals surface area contributed by atoms with Crippen LogP contribution in [0, 0.1) is 6.92 Å². The van der Waals surface area contributed by atoms with Gasteiger partial charge in [-0.25, -0.2) is 0 Å². The Balaban J connectivity index is 2.90. The molecule has 0 heterocycles. The Morgan fingerprint density at radius 2 is 2.00 bits per heavy atom. The van der Waals surface area contributed by atoms with Crippen LogP contribution in [0.15, 0.2) is 23.1 Å². The van der Waals surface area contributed by atoms with Gasteiger partial charge in [0.05, 0.1) is 0 Å². The van der Waals surface area contributed by atoms with Crippen molar-refractivity contribution < 1.29 is 0 Å². The van der Waals surface area contributed by atoms with Crippen molar-refractivity contribution in [3.63, 3.8) is 0 Å². The minimum Gasteiger partial charge on any atom is -0.123 e. The minimum absolute atomic E-state index is 0.672. The van der Waals surface area contributed by atoms with Gasteiger partial charge < -0.3 is 0 Å². The van der Waals surface area contributed by atoms with Crippen LogP contribution in [-0.4, -0.2) is 5.25 Å². The van der Waals surface area contributed by atoms with Crippen molar-refractivity contribution in [3.8, 4) is 0 Å². The van der Waals surface area contributed by atoms with E-state index in [0.717, 1.165) is 6.42 Å². The Morgan fingerprint density at radius 1 is 1.31 bits per heavy atom. The molecule has 1 aromatic rings. The second kappa shape index (κ2) is 4.71. The molecule has 0 bridgehead atoms. The van der Waals surface area contributed by atoms with E-state index >= 15 is 0 Å². The Bertz CT molecular complexity index is 276. The van der Waals surface area contributed by atoms with E-state index in [1.54, 1.807) is 0 Å². The van der Waals surface area contributed by atoms with Crippen molar-refractivity contribution in [1.29, 1.82) is 0 Å². The number of hydrogen-bond donors (Lipinski definition) is 0. The van der Waals surface area contributed by atoms with Crippen LogP contribution in [-0.2, 0) is 6.42 Å². The largest absolute Gasteiger partial charge is 0.123 e. The molecule has 0 spiro atoms. The molecule has 0 aliphatic carbocycles. The number of hydrogen-bond acceptors (Lipinski definition) is 1. The number of thioether (sulfide) groups is 1. The molecule has 0 aliphatic rings. The predicted molar refractivity (Wildman–Crippen MR) is 61.6 cm³/mol. The summed E-state index contributed by atoms with van der Waals surface area (Å²) in [5, 5.41) is 0.672. The summed E-state index contributed by atoms with van der Waals surface area (Å²) in [5.74, 6) is 0. The van der Waals surface area contributed by atoms with Gasteiger partial charge >= 0.3 is 0 Å². The molecule has 1 aromatic carbocycles. The molecule has 1 heteroatoms. The van der Waals surface area contributed by atoms with E-state index in [-0.39, 0.29) is 0 Å². The molecule has 0 N–H and O–H groups in total. The molecular formula is C12H18S. The van der Waals surface area contributed by atoms with Crippen LogP contribution in [0.25, 0.3) is 0 Å². The third-order valence-corrected chi connectivity index (χ3v) is 3.19. The van der Waals surface area contributed by atoms with E-state index in [9.17, 15) is 0 Å². The zero-order valence-electron chi connectivity index (χ0n) is 8.92. The first kappa shape index (κ1) is 10.6. The van der Waals surface area contributed by atoms with Gasteiger partial charge in [-0.1, -0.05) is 32.9 Å². The Labute approximate surface area is 85.7 Å². The first-order chi connectivity index (χ1) is 6.13. The molecule has 0 atom stereocenters. The van der Waals surface area contributed by atoms with Crippen molar-refractivity contribution >= 4 is 11.8 Å². The van der Waals surface area contributed by atoms with E-state index in [1.807, 2.05) is 11.8 Å². The van der Waals surface area contributed by atoms with Gasteiger partial charge in [-0.15, -0.1) is 11.8 Å². The van der Waals surface area contributed by atoms with E-state index < -0.39 is 0 Å². The molecule has 1 rings (SSSR count). The molecule has 72 valence electrons. The van der Waals surface area contributed by atoms with Gasteiger partial charge in [0.25, 0.3) is 0 Å². The summed E-state index contributed by atoms with van der Waals surface area (Å²) in [7, 11) is 0. The Hall–Kier alpha value is -0.430. The fourth-order valence-electron chi connectivity index (χ4n) is 1.25. The molecule has 0 radical (unpaired) electrons. The number of benzene rings is 1. The highest BCUT2D eigenvalue weighted by Gasteiger charge is 2.02. The predicted octanol–water partition coefficient (Wildman–Crippen LogP) is 4.06. The van der Waals surface area contributed by atoms with Crippen molar-refractivity contribution in [3.05, 3.63) is 29.3 Å². The topological polar surface area (TPSA) is 0 Å². The van der Waals surface area contributed by atoms with Crippen LogP contribution in [0.2, 0.25) is 0 Å². The monoisotopic (exact) mass is 194 g/mol. The van der Waals surface area contributed by atoms with Crippen molar-refractivity contribution in [2.24, 2.45) is 0 Å². The summed E-state index contributed by atoms with van der Waals surface area (Å²) in [5.41, 5.74) is 2.84. The Kier molecular flexibility index (Phi) is 3.86. The molecule has 0 saturated carbocycles. The first-order valence-electron chi connectivity index (χ1n) is 4.89. The molecular weight excluding hydrogens is 176 g/mol. The number of rotatable bonds is 3. The van der Waals surface area contributed by atoms with Crippen LogP contribution in [0.4, 0.5) is 0 Å². The van der Waals surface area contributed by atoms with Crippen LogP contribution in [0.5, 0.6) is 0 Å². The van der Waals surface area contributed by atoms with Gasteiger partial charge in [0.1, 0.15) is 0 Å². The summed E-state index contributed by atoms with van der Waals surface area (Å²) in [6, 6.07) is 6.77. The maximum Gasteiger partial charge on any atom is 0.0107 e. The lowest BCUT2D eigenvalue weighted by Crippen LogP contribution is -1.90. The molecule has 0 nitrogen and oxygen atoms in total. The third kappa shape index (κ3) is 3.07. The third-order valence-electron chi connectivity index (χ3n) is 2.02. The lowest BCUT2D eigenvalue weighted by Gasteiger charge is -2.09. The zero-order valence-corrected chi connectivity index (χ0v) is 9.74. The van der Waals surface area contributed by atoms with Crippen molar-refractivity contribution in [2.75, 3.05) is 0 Å². The second-order valence-corrected chi connectivity index (χ2v) is 5.24. The fourth-order valence-corrected chi connectivity index (χ4v) is 2.23. The van der Waals surface area contributed by atoms with Gasteiger partial charge in [-0.05, 0) is 30.5 Å². The quantitative estimate of drug-likeness (QED) is 0.654. The van der Waals surface area contributed by atoms with E-state index in [1.165, 1.54) is 16.0 Å². The molecule has 0 fully saturated rings. The van der Waals surface area contributed by atoms with E-state index in [0.29, 0.717) is 5.25 Å². The van der Waals surface area contributed by atoms with Gasteiger partial charge in [0.15, 0.2) is 0 Å². The maximum atomic E-state index is 2.32. The van der Waals surface area contributed by atoms with Crippen molar-refractivity contribution in [1.82, 2.24) is 0 Å².